The first kappa shape index (κ1) is 14.5. The van der Waals surface area contributed by atoms with Gasteiger partial charge in [-0.3, -0.25) is 9.59 Å². The van der Waals surface area contributed by atoms with E-state index in [9.17, 15) is 9.59 Å². The van der Waals surface area contributed by atoms with Crippen LogP contribution >= 0.6 is 0 Å². The number of methoxy groups -OCH3 is 1. The minimum atomic E-state index is -0.323. The SMILES string of the molecule is COC(=O)C(C)c1ccc2c(c1)CCc1ccccc1C2=O. The molecule has 0 saturated carbocycles. The van der Waals surface area contributed by atoms with E-state index < -0.39 is 0 Å². The number of ketones is 1. The molecule has 0 fully saturated rings. The lowest BCUT2D eigenvalue weighted by Crippen LogP contribution is -2.12. The molecule has 112 valence electrons. The highest BCUT2D eigenvalue weighted by atomic mass is 16.5. The number of carbonyl (C=O) groups excluding carboxylic acids is 2. The maximum atomic E-state index is 12.7. The molecule has 0 radical (unpaired) electrons. The van der Waals surface area contributed by atoms with Crippen molar-refractivity contribution in [3.63, 3.8) is 0 Å². The van der Waals surface area contributed by atoms with Crippen molar-refractivity contribution >= 4 is 11.8 Å². The molecule has 1 aliphatic rings. The molecule has 0 N–H and O–H groups in total. The number of hydrogen-bond acceptors (Lipinski definition) is 3. The second-order valence-electron chi connectivity index (χ2n) is 5.65. The van der Waals surface area contributed by atoms with Crippen molar-refractivity contribution in [1.29, 1.82) is 0 Å². The number of ether oxygens (including phenoxy) is 1. The first-order valence-corrected chi connectivity index (χ1v) is 7.45. The van der Waals surface area contributed by atoms with Crippen molar-refractivity contribution in [3.05, 3.63) is 70.3 Å². The highest BCUT2D eigenvalue weighted by Crippen LogP contribution is 2.27. The highest BCUT2D eigenvalue weighted by molar-refractivity contribution is 6.11. The van der Waals surface area contributed by atoms with Crippen molar-refractivity contribution in [1.82, 2.24) is 0 Å². The fourth-order valence-corrected chi connectivity index (χ4v) is 3.00. The Balaban J connectivity index is 2.02. The summed E-state index contributed by atoms with van der Waals surface area (Å²) in [6.07, 6.45) is 1.64. The molecule has 0 spiro atoms. The Morgan fingerprint density at radius 1 is 1.05 bits per heavy atom. The minimum Gasteiger partial charge on any atom is -0.469 e. The number of benzene rings is 2. The number of hydrogen-bond donors (Lipinski definition) is 0. The van der Waals surface area contributed by atoms with Gasteiger partial charge >= 0.3 is 5.97 Å². The molecule has 3 nitrogen and oxygen atoms in total. The Bertz CT molecular complexity index is 746. The molecule has 0 aromatic heterocycles. The van der Waals surface area contributed by atoms with Gasteiger partial charge in [-0.25, -0.2) is 0 Å². The van der Waals surface area contributed by atoms with E-state index >= 15 is 0 Å². The van der Waals surface area contributed by atoms with Gasteiger partial charge in [0.15, 0.2) is 5.78 Å². The summed E-state index contributed by atoms with van der Waals surface area (Å²) >= 11 is 0. The van der Waals surface area contributed by atoms with E-state index in [0.717, 1.165) is 40.7 Å². The molecule has 0 aliphatic heterocycles. The maximum Gasteiger partial charge on any atom is 0.312 e. The Labute approximate surface area is 129 Å². The van der Waals surface area contributed by atoms with Crippen LogP contribution in [0.3, 0.4) is 0 Å². The Morgan fingerprint density at radius 3 is 2.50 bits per heavy atom. The third kappa shape index (κ3) is 2.43. The van der Waals surface area contributed by atoms with Crippen LogP contribution in [-0.4, -0.2) is 18.9 Å². The van der Waals surface area contributed by atoms with E-state index in [-0.39, 0.29) is 17.7 Å². The molecule has 1 unspecified atom stereocenters. The van der Waals surface area contributed by atoms with Crippen LogP contribution in [0.2, 0.25) is 0 Å². The normalized spacial score (nSPS) is 14.5. The second kappa shape index (κ2) is 5.76. The third-order valence-corrected chi connectivity index (χ3v) is 4.35. The summed E-state index contributed by atoms with van der Waals surface area (Å²) in [4.78, 5) is 24.4. The van der Waals surface area contributed by atoms with Gasteiger partial charge < -0.3 is 4.74 Å². The zero-order chi connectivity index (χ0) is 15.7. The summed E-state index contributed by atoms with van der Waals surface area (Å²) in [6, 6.07) is 13.4. The largest absolute Gasteiger partial charge is 0.469 e. The molecule has 2 aromatic carbocycles. The molecule has 0 bridgehead atoms. The van der Waals surface area contributed by atoms with Gasteiger partial charge in [0.05, 0.1) is 13.0 Å². The summed E-state index contributed by atoms with van der Waals surface area (Å²) in [5, 5.41) is 0. The van der Waals surface area contributed by atoms with Crippen LogP contribution in [0.5, 0.6) is 0 Å². The second-order valence-corrected chi connectivity index (χ2v) is 5.65. The number of carbonyl (C=O) groups is 2. The highest BCUT2D eigenvalue weighted by Gasteiger charge is 2.23. The van der Waals surface area contributed by atoms with Crippen LogP contribution in [0.1, 0.15) is 45.5 Å². The van der Waals surface area contributed by atoms with Crippen LogP contribution in [0.4, 0.5) is 0 Å². The van der Waals surface area contributed by atoms with E-state index in [1.807, 2.05) is 49.4 Å². The zero-order valence-corrected chi connectivity index (χ0v) is 12.8. The van der Waals surface area contributed by atoms with Crippen molar-refractivity contribution in [3.8, 4) is 0 Å². The standard InChI is InChI=1S/C19H18O3/c1-12(19(21)22-2)14-9-10-17-15(11-14)8-7-13-5-3-4-6-16(13)18(17)20/h3-6,9-12H,7-8H2,1-2H3. The monoisotopic (exact) mass is 294 g/mol. The summed E-state index contributed by atoms with van der Waals surface area (Å²) < 4.78 is 4.80. The van der Waals surface area contributed by atoms with E-state index in [0.29, 0.717) is 0 Å². The molecule has 22 heavy (non-hydrogen) atoms. The predicted octanol–water partition coefficient (Wildman–Crippen LogP) is 3.29. The van der Waals surface area contributed by atoms with E-state index in [1.54, 1.807) is 0 Å². The quantitative estimate of drug-likeness (QED) is 0.798. The van der Waals surface area contributed by atoms with Gasteiger partial charge in [0.2, 0.25) is 0 Å². The fourth-order valence-electron chi connectivity index (χ4n) is 3.00. The van der Waals surface area contributed by atoms with Crippen LogP contribution in [0.25, 0.3) is 0 Å². The van der Waals surface area contributed by atoms with Crippen molar-refractivity contribution in [2.75, 3.05) is 7.11 Å². The van der Waals surface area contributed by atoms with E-state index in [4.69, 9.17) is 4.74 Å². The smallest absolute Gasteiger partial charge is 0.312 e. The molecule has 3 rings (SSSR count). The lowest BCUT2D eigenvalue weighted by atomic mass is 9.93. The van der Waals surface area contributed by atoms with Gasteiger partial charge in [0.25, 0.3) is 0 Å². The van der Waals surface area contributed by atoms with Crippen LogP contribution in [0, 0.1) is 0 Å². The van der Waals surface area contributed by atoms with Crippen LogP contribution in [0.15, 0.2) is 42.5 Å². The maximum absolute atomic E-state index is 12.7. The number of aryl methyl sites for hydroxylation is 2. The zero-order valence-electron chi connectivity index (χ0n) is 12.8. The third-order valence-electron chi connectivity index (χ3n) is 4.35. The molecular weight excluding hydrogens is 276 g/mol. The number of esters is 1. The molecule has 1 atom stereocenters. The summed E-state index contributed by atoms with van der Waals surface area (Å²) in [5.41, 5.74) is 4.52. The summed E-state index contributed by atoms with van der Waals surface area (Å²) in [7, 11) is 1.39. The van der Waals surface area contributed by atoms with Gasteiger partial charge in [0, 0.05) is 11.1 Å². The molecule has 2 aromatic rings. The lowest BCUT2D eigenvalue weighted by Gasteiger charge is -2.12. The molecule has 0 amide bonds. The first-order valence-electron chi connectivity index (χ1n) is 7.45. The Morgan fingerprint density at radius 2 is 1.73 bits per heavy atom. The van der Waals surface area contributed by atoms with Gasteiger partial charge in [0.1, 0.15) is 0 Å². The van der Waals surface area contributed by atoms with Crippen molar-refractivity contribution in [2.24, 2.45) is 0 Å². The van der Waals surface area contributed by atoms with E-state index in [1.165, 1.54) is 7.11 Å². The average molecular weight is 294 g/mol. The van der Waals surface area contributed by atoms with Crippen molar-refractivity contribution in [2.45, 2.75) is 25.7 Å². The van der Waals surface area contributed by atoms with E-state index in [2.05, 4.69) is 0 Å². The van der Waals surface area contributed by atoms with Gasteiger partial charge in [-0.15, -0.1) is 0 Å². The Kier molecular flexibility index (Phi) is 3.80. The molecule has 1 aliphatic carbocycles. The van der Waals surface area contributed by atoms with Gasteiger partial charge in [-0.1, -0.05) is 42.5 Å². The predicted molar refractivity (Wildman–Crippen MR) is 84.2 cm³/mol. The average Bonchev–Trinajstić information content (AvgIpc) is 2.71. The summed E-state index contributed by atoms with van der Waals surface area (Å²) in [5.74, 6) is -0.514. The minimum absolute atomic E-state index is 0.0698. The lowest BCUT2D eigenvalue weighted by molar-refractivity contribution is -0.141. The first-order chi connectivity index (χ1) is 10.6. The Hall–Kier alpha value is -2.42. The molecular formula is C19H18O3. The fraction of sp³-hybridized carbons (Fsp3) is 0.263. The number of rotatable bonds is 2. The summed E-state index contributed by atoms with van der Waals surface area (Å²) in [6.45, 7) is 1.82. The number of fused-ring (bicyclic) bond motifs is 2. The topological polar surface area (TPSA) is 43.4 Å². The molecule has 0 saturated heterocycles. The van der Waals surface area contributed by atoms with Crippen molar-refractivity contribution < 1.29 is 14.3 Å². The van der Waals surface area contributed by atoms with Crippen LogP contribution in [-0.2, 0) is 22.4 Å². The molecule has 0 heterocycles. The molecule has 3 heteroatoms. The van der Waals surface area contributed by atoms with Crippen LogP contribution < -0.4 is 0 Å². The van der Waals surface area contributed by atoms with Gasteiger partial charge in [-0.2, -0.15) is 0 Å². The van der Waals surface area contributed by atoms with Gasteiger partial charge in [-0.05, 0) is 36.5 Å².